The Kier molecular flexibility index (Phi) is 2.84. The molecule has 8 heteroatoms. The molecule has 1 heterocycles. The second kappa shape index (κ2) is 4.09. The maximum Gasteiger partial charge on any atom is 0.394 e. The lowest BCUT2D eigenvalue weighted by molar-refractivity contribution is -0.346. The zero-order chi connectivity index (χ0) is 15.6. The molecule has 3 saturated carbocycles. The fraction of sp³-hybridized carbons (Fsp3) is 0.615. The molecule has 0 amide bonds. The van der Waals surface area contributed by atoms with Gasteiger partial charge in [0.2, 0.25) is 5.88 Å². The molecule has 4 rings (SSSR count). The molecule has 3 fully saturated rings. The van der Waals surface area contributed by atoms with E-state index in [0.29, 0.717) is 5.69 Å². The molecule has 2 bridgehead atoms. The van der Waals surface area contributed by atoms with E-state index in [1.54, 1.807) is 6.92 Å². The van der Waals surface area contributed by atoms with Crippen molar-refractivity contribution < 1.29 is 22.7 Å². The second-order valence-electron chi connectivity index (χ2n) is 5.88. The van der Waals surface area contributed by atoms with E-state index in [0.717, 1.165) is 0 Å². The Morgan fingerprint density at radius 3 is 2.33 bits per heavy atom. The molecule has 3 aliphatic carbocycles. The summed E-state index contributed by atoms with van der Waals surface area (Å²) in [5, 5.41) is -0.0934. The van der Waals surface area contributed by atoms with Crippen molar-refractivity contribution >= 4 is 17.4 Å². The SMILES string of the molecule is COc1nc(C(=O)C23CC(C(F)(F)F)(C2)C3)c(Cl)nc1C. The minimum absolute atomic E-state index is 0.0934. The van der Waals surface area contributed by atoms with Gasteiger partial charge in [0.25, 0.3) is 0 Å². The molecule has 0 radical (unpaired) electrons. The van der Waals surface area contributed by atoms with Crippen molar-refractivity contribution in [1.29, 1.82) is 0 Å². The van der Waals surface area contributed by atoms with E-state index in [1.165, 1.54) is 7.11 Å². The first kappa shape index (κ1) is 14.6. The van der Waals surface area contributed by atoms with Crippen LogP contribution in [0.1, 0.15) is 35.4 Å². The number of rotatable bonds is 3. The van der Waals surface area contributed by atoms with Crippen LogP contribution in [0.5, 0.6) is 5.88 Å². The van der Waals surface area contributed by atoms with Gasteiger partial charge in [-0.3, -0.25) is 4.79 Å². The predicted octanol–water partition coefficient (Wildman–Crippen LogP) is 3.36. The van der Waals surface area contributed by atoms with E-state index in [1.807, 2.05) is 0 Å². The number of Topliss-reactive ketones (excluding diaryl/α,β-unsaturated/α-hetero) is 1. The third-order valence-corrected chi connectivity index (χ3v) is 4.77. The molecule has 0 spiro atoms. The molecule has 0 saturated heterocycles. The van der Waals surface area contributed by atoms with Crippen LogP contribution >= 0.6 is 11.6 Å². The quantitative estimate of drug-likeness (QED) is 0.801. The number of ketones is 1. The first-order valence-corrected chi connectivity index (χ1v) is 6.72. The van der Waals surface area contributed by atoms with Gasteiger partial charge >= 0.3 is 6.18 Å². The van der Waals surface area contributed by atoms with Crippen molar-refractivity contribution in [3.8, 4) is 5.88 Å². The van der Waals surface area contributed by atoms with Crippen LogP contribution in [0.15, 0.2) is 0 Å². The van der Waals surface area contributed by atoms with Crippen molar-refractivity contribution in [3.63, 3.8) is 0 Å². The van der Waals surface area contributed by atoms with Gasteiger partial charge in [0, 0.05) is 5.41 Å². The molecule has 1 aromatic rings. The van der Waals surface area contributed by atoms with Crippen molar-refractivity contribution in [2.75, 3.05) is 7.11 Å². The predicted molar refractivity (Wildman–Crippen MR) is 67.4 cm³/mol. The van der Waals surface area contributed by atoms with Crippen LogP contribution < -0.4 is 4.74 Å². The highest BCUT2D eigenvalue weighted by Gasteiger charge is 2.80. The molecule has 0 N–H and O–H groups in total. The number of aryl methyl sites for hydroxylation is 1. The third kappa shape index (κ3) is 1.79. The summed E-state index contributed by atoms with van der Waals surface area (Å²) in [7, 11) is 1.37. The lowest BCUT2D eigenvalue weighted by atomic mass is 9.33. The van der Waals surface area contributed by atoms with Gasteiger partial charge in [-0.2, -0.15) is 13.2 Å². The normalized spacial score (nSPS) is 30.4. The molecular weight excluding hydrogens is 309 g/mol. The number of nitrogens with zero attached hydrogens (tertiary/aromatic N) is 2. The number of alkyl halides is 3. The first-order valence-electron chi connectivity index (χ1n) is 6.34. The van der Waals surface area contributed by atoms with Crippen molar-refractivity contribution in [3.05, 3.63) is 16.5 Å². The Morgan fingerprint density at radius 2 is 1.86 bits per heavy atom. The Morgan fingerprint density at radius 1 is 1.29 bits per heavy atom. The van der Waals surface area contributed by atoms with E-state index in [9.17, 15) is 18.0 Å². The summed E-state index contributed by atoms with van der Waals surface area (Å²) in [5.41, 5.74) is -2.34. The lowest BCUT2D eigenvalue weighted by Gasteiger charge is -2.69. The minimum Gasteiger partial charge on any atom is -0.480 e. The number of hydrogen-bond donors (Lipinski definition) is 0. The summed E-state index contributed by atoms with van der Waals surface area (Å²) in [6, 6.07) is 0. The largest absolute Gasteiger partial charge is 0.480 e. The average molecular weight is 321 g/mol. The van der Waals surface area contributed by atoms with Crippen LogP contribution in [0.4, 0.5) is 13.2 Å². The van der Waals surface area contributed by atoms with Crippen molar-refractivity contribution in [2.45, 2.75) is 32.4 Å². The third-order valence-electron chi connectivity index (χ3n) is 4.51. The maximum atomic E-state index is 12.8. The summed E-state index contributed by atoms with van der Waals surface area (Å²) in [6.45, 7) is 1.62. The minimum atomic E-state index is -4.25. The molecule has 0 aliphatic heterocycles. The monoisotopic (exact) mass is 320 g/mol. The summed E-state index contributed by atoms with van der Waals surface area (Å²) in [6.07, 6.45) is -4.81. The lowest BCUT2D eigenvalue weighted by Crippen LogP contribution is -2.71. The Bertz CT molecular complexity index is 625. The molecule has 21 heavy (non-hydrogen) atoms. The molecule has 0 atom stereocenters. The Labute approximate surface area is 123 Å². The van der Waals surface area contributed by atoms with Crippen LogP contribution in [0, 0.1) is 17.8 Å². The maximum absolute atomic E-state index is 12.8. The fourth-order valence-corrected chi connectivity index (χ4v) is 3.65. The number of ether oxygens (including phenoxy) is 1. The molecule has 0 aromatic carbocycles. The highest BCUT2D eigenvalue weighted by atomic mass is 35.5. The number of aromatic nitrogens is 2. The van der Waals surface area contributed by atoms with Crippen molar-refractivity contribution in [1.82, 2.24) is 9.97 Å². The van der Waals surface area contributed by atoms with Gasteiger partial charge in [0.05, 0.1) is 12.5 Å². The summed E-state index contributed by atoms with van der Waals surface area (Å²) >= 11 is 5.91. The van der Waals surface area contributed by atoms with E-state index in [2.05, 4.69) is 9.97 Å². The average Bonchev–Trinajstić information content (AvgIpc) is 2.23. The smallest absolute Gasteiger partial charge is 0.394 e. The van der Waals surface area contributed by atoms with Gasteiger partial charge in [0.15, 0.2) is 10.9 Å². The van der Waals surface area contributed by atoms with E-state index in [-0.39, 0.29) is 36.0 Å². The number of carbonyl (C=O) groups excluding carboxylic acids is 1. The van der Waals surface area contributed by atoms with Gasteiger partial charge < -0.3 is 4.74 Å². The topological polar surface area (TPSA) is 52.1 Å². The highest BCUT2D eigenvalue weighted by molar-refractivity contribution is 6.32. The fourth-order valence-electron chi connectivity index (χ4n) is 3.39. The number of hydrogen-bond acceptors (Lipinski definition) is 4. The van der Waals surface area contributed by atoms with Crippen LogP contribution in [0.25, 0.3) is 0 Å². The standard InChI is InChI=1S/C13H12ClF3N2O2/c1-6-10(21-2)19-7(9(14)18-6)8(20)11-3-12(4-11,5-11)13(15,16)17/h3-5H2,1-2H3. The van der Waals surface area contributed by atoms with Gasteiger partial charge in [-0.1, -0.05) is 11.6 Å². The summed E-state index contributed by atoms with van der Waals surface area (Å²) in [5.74, 6) is -0.315. The van der Waals surface area contributed by atoms with Gasteiger partial charge in [0.1, 0.15) is 11.4 Å². The van der Waals surface area contributed by atoms with Gasteiger partial charge in [-0.25, -0.2) is 9.97 Å². The number of carbonyl (C=O) groups is 1. The van der Waals surface area contributed by atoms with Crippen LogP contribution in [-0.2, 0) is 0 Å². The highest BCUT2D eigenvalue weighted by Crippen LogP contribution is 2.79. The Balaban J connectivity index is 1.87. The summed E-state index contributed by atoms with van der Waals surface area (Å²) < 4.78 is 43.5. The summed E-state index contributed by atoms with van der Waals surface area (Å²) in [4.78, 5) is 20.4. The number of halogens is 4. The first-order chi connectivity index (χ1) is 9.64. The van der Waals surface area contributed by atoms with Gasteiger partial charge in [-0.15, -0.1) is 0 Å². The van der Waals surface area contributed by atoms with E-state index >= 15 is 0 Å². The van der Waals surface area contributed by atoms with Crippen LogP contribution in [0.2, 0.25) is 5.15 Å². The van der Waals surface area contributed by atoms with Crippen LogP contribution in [-0.4, -0.2) is 29.0 Å². The van der Waals surface area contributed by atoms with E-state index in [4.69, 9.17) is 16.3 Å². The molecule has 114 valence electrons. The zero-order valence-electron chi connectivity index (χ0n) is 11.3. The Hall–Kier alpha value is -1.37. The molecule has 0 unspecified atom stereocenters. The molecule has 1 aromatic heterocycles. The van der Waals surface area contributed by atoms with Gasteiger partial charge in [-0.05, 0) is 26.2 Å². The second-order valence-corrected chi connectivity index (χ2v) is 6.23. The number of methoxy groups -OCH3 is 1. The van der Waals surface area contributed by atoms with Crippen molar-refractivity contribution in [2.24, 2.45) is 10.8 Å². The van der Waals surface area contributed by atoms with E-state index < -0.39 is 22.8 Å². The molecular formula is C13H12ClF3N2O2. The molecule has 3 aliphatic rings. The molecule has 4 nitrogen and oxygen atoms in total. The van der Waals surface area contributed by atoms with Crippen LogP contribution in [0.3, 0.4) is 0 Å². The zero-order valence-corrected chi connectivity index (χ0v) is 12.1.